The Labute approximate surface area is 163 Å². The zero-order valence-corrected chi connectivity index (χ0v) is 15.5. The van der Waals surface area contributed by atoms with Crippen molar-refractivity contribution in [2.24, 2.45) is 10.2 Å². The Morgan fingerprint density at radius 3 is 2.04 bits per heavy atom. The van der Waals surface area contributed by atoms with Crippen LogP contribution in [-0.2, 0) is 0 Å². The number of azo groups is 1. The third kappa shape index (κ3) is 3.55. The zero-order chi connectivity index (χ0) is 19.3. The van der Waals surface area contributed by atoms with Crippen LogP contribution in [0.15, 0.2) is 106 Å². The number of aromatic amines is 1. The molecule has 0 radical (unpaired) electrons. The van der Waals surface area contributed by atoms with E-state index in [1.807, 2.05) is 97.9 Å². The Kier molecular flexibility index (Phi) is 4.97. The normalized spacial score (nSPS) is 12.3. The maximum atomic E-state index is 13.2. The van der Waals surface area contributed by atoms with Crippen LogP contribution in [-0.4, -0.2) is 9.78 Å². The van der Waals surface area contributed by atoms with Crippen molar-refractivity contribution in [3.05, 3.63) is 118 Å². The van der Waals surface area contributed by atoms with Crippen LogP contribution in [0.5, 0.6) is 0 Å². The van der Waals surface area contributed by atoms with Crippen LogP contribution in [0.1, 0.15) is 22.9 Å². The molecule has 5 heteroatoms. The topological polar surface area (TPSA) is 62.5 Å². The first kappa shape index (κ1) is 17.7. The molecule has 0 aliphatic heterocycles. The van der Waals surface area contributed by atoms with E-state index >= 15 is 0 Å². The highest BCUT2D eigenvalue weighted by atomic mass is 16.1. The zero-order valence-electron chi connectivity index (χ0n) is 15.5. The van der Waals surface area contributed by atoms with E-state index in [0.717, 1.165) is 22.6 Å². The Balaban J connectivity index is 1.83. The summed E-state index contributed by atoms with van der Waals surface area (Å²) in [7, 11) is 0. The number of para-hydroxylation sites is 1. The van der Waals surface area contributed by atoms with Crippen molar-refractivity contribution in [2.75, 3.05) is 0 Å². The Morgan fingerprint density at radius 2 is 1.39 bits per heavy atom. The molecule has 0 fully saturated rings. The highest BCUT2D eigenvalue weighted by Gasteiger charge is 2.23. The molecule has 3 aromatic carbocycles. The van der Waals surface area contributed by atoms with E-state index in [4.69, 9.17) is 0 Å². The van der Waals surface area contributed by atoms with Gasteiger partial charge in [-0.15, -0.1) is 0 Å². The van der Waals surface area contributed by atoms with Gasteiger partial charge in [0.1, 0.15) is 6.04 Å². The maximum Gasteiger partial charge on any atom is 0.277 e. The van der Waals surface area contributed by atoms with Crippen LogP contribution in [0.25, 0.3) is 5.69 Å². The van der Waals surface area contributed by atoms with E-state index in [9.17, 15) is 4.79 Å². The van der Waals surface area contributed by atoms with Gasteiger partial charge in [-0.2, -0.15) is 10.2 Å². The minimum Gasteiger partial charge on any atom is -0.295 e. The van der Waals surface area contributed by atoms with E-state index in [1.54, 1.807) is 4.68 Å². The smallest absolute Gasteiger partial charge is 0.277 e. The molecule has 0 amide bonds. The molecule has 5 nitrogen and oxygen atoms in total. The SMILES string of the molecule is Cc1[nH]n(-c2ccccc2)c(=O)c1C(N=Nc1ccccc1)c1ccccc1. The van der Waals surface area contributed by atoms with Gasteiger partial charge in [0.2, 0.25) is 0 Å². The van der Waals surface area contributed by atoms with Gasteiger partial charge < -0.3 is 0 Å². The van der Waals surface area contributed by atoms with E-state index in [0.29, 0.717) is 5.56 Å². The van der Waals surface area contributed by atoms with Gasteiger partial charge in [-0.25, -0.2) is 4.68 Å². The molecule has 1 unspecified atom stereocenters. The van der Waals surface area contributed by atoms with Crippen molar-refractivity contribution in [2.45, 2.75) is 13.0 Å². The molecule has 0 bridgehead atoms. The molecule has 1 heterocycles. The highest BCUT2D eigenvalue weighted by Crippen LogP contribution is 2.28. The number of benzene rings is 3. The second-order valence-electron chi connectivity index (χ2n) is 6.49. The molecule has 1 aromatic heterocycles. The molecule has 0 aliphatic carbocycles. The fourth-order valence-electron chi connectivity index (χ4n) is 3.19. The van der Waals surface area contributed by atoms with Gasteiger partial charge in [-0.1, -0.05) is 66.7 Å². The summed E-state index contributed by atoms with van der Waals surface area (Å²) in [5.74, 6) is 0. The fourth-order valence-corrected chi connectivity index (χ4v) is 3.19. The summed E-state index contributed by atoms with van der Waals surface area (Å²) in [6.07, 6.45) is 0. The summed E-state index contributed by atoms with van der Waals surface area (Å²) in [6, 6.07) is 28.3. The van der Waals surface area contributed by atoms with Crippen molar-refractivity contribution in [3.8, 4) is 5.69 Å². The van der Waals surface area contributed by atoms with Crippen molar-refractivity contribution in [3.63, 3.8) is 0 Å². The number of aryl methyl sites for hydroxylation is 1. The van der Waals surface area contributed by atoms with Crippen LogP contribution < -0.4 is 5.56 Å². The van der Waals surface area contributed by atoms with Crippen molar-refractivity contribution in [1.82, 2.24) is 9.78 Å². The summed E-state index contributed by atoms with van der Waals surface area (Å²) in [4.78, 5) is 13.2. The molecule has 1 atom stereocenters. The van der Waals surface area contributed by atoms with E-state index in [1.165, 1.54) is 0 Å². The molecule has 0 saturated heterocycles. The van der Waals surface area contributed by atoms with E-state index < -0.39 is 6.04 Å². The average Bonchev–Trinajstić information content (AvgIpc) is 3.05. The van der Waals surface area contributed by atoms with Gasteiger partial charge in [0.15, 0.2) is 0 Å². The first-order valence-electron chi connectivity index (χ1n) is 9.12. The molecule has 0 spiro atoms. The fraction of sp³-hybridized carbons (Fsp3) is 0.0870. The number of H-pyrrole nitrogens is 1. The number of hydrogen-bond donors (Lipinski definition) is 1. The van der Waals surface area contributed by atoms with Crippen LogP contribution in [0, 0.1) is 6.92 Å². The quantitative estimate of drug-likeness (QED) is 0.474. The lowest BCUT2D eigenvalue weighted by molar-refractivity contribution is 0.791. The number of nitrogens with zero attached hydrogens (tertiary/aromatic N) is 3. The summed E-state index contributed by atoms with van der Waals surface area (Å²) in [5.41, 5.74) is 3.70. The van der Waals surface area contributed by atoms with Gasteiger partial charge in [0, 0.05) is 5.69 Å². The van der Waals surface area contributed by atoms with Crippen molar-refractivity contribution < 1.29 is 0 Å². The molecule has 0 saturated carbocycles. The highest BCUT2D eigenvalue weighted by molar-refractivity contribution is 5.39. The lowest BCUT2D eigenvalue weighted by atomic mass is 10.0. The molecular formula is C23H20N4O. The van der Waals surface area contributed by atoms with Crippen molar-refractivity contribution >= 4 is 5.69 Å². The molecule has 4 aromatic rings. The lowest BCUT2D eigenvalue weighted by Crippen LogP contribution is -2.19. The number of aromatic nitrogens is 2. The molecular weight excluding hydrogens is 348 g/mol. The van der Waals surface area contributed by atoms with E-state index in [2.05, 4.69) is 15.3 Å². The predicted molar refractivity (Wildman–Crippen MR) is 110 cm³/mol. The maximum absolute atomic E-state index is 13.2. The Bertz CT molecular complexity index is 1130. The van der Waals surface area contributed by atoms with Crippen LogP contribution >= 0.6 is 0 Å². The summed E-state index contributed by atoms with van der Waals surface area (Å²) >= 11 is 0. The van der Waals surface area contributed by atoms with Gasteiger partial charge in [-0.05, 0) is 36.8 Å². The van der Waals surface area contributed by atoms with E-state index in [-0.39, 0.29) is 5.56 Å². The minimum absolute atomic E-state index is 0.121. The molecule has 28 heavy (non-hydrogen) atoms. The Morgan fingerprint density at radius 1 is 0.821 bits per heavy atom. The van der Waals surface area contributed by atoms with Gasteiger partial charge in [0.25, 0.3) is 5.56 Å². The number of rotatable bonds is 5. The second-order valence-corrected chi connectivity index (χ2v) is 6.49. The summed E-state index contributed by atoms with van der Waals surface area (Å²) < 4.78 is 1.55. The van der Waals surface area contributed by atoms with Gasteiger partial charge >= 0.3 is 0 Å². The molecule has 138 valence electrons. The summed E-state index contributed by atoms with van der Waals surface area (Å²) in [5, 5.41) is 12.1. The number of hydrogen-bond acceptors (Lipinski definition) is 3. The third-order valence-electron chi connectivity index (χ3n) is 4.57. The predicted octanol–water partition coefficient (Wildman–Crippen LogP) is 5.35. The van der Waals surface area contributed by atoms with Gasteiger partial charge in [-0.3, -0.25) is 9.89 Å². The van der Waals surface area contributed by atoms with Crippen LogP contribution in [0.2, 0.25) is 0 Å². The first-order valence-corrected chi connectivity index (χ1v) is 9.12. The molecule has 0 aliphatic rings. The third-order valence-corrected chi connectivity index (χ3v) is 4.57. The van der Waals surface area contributed by atoms with Crippen LogP contribution in [0.3, 0.4) is 0 Å². The monoisotopic (exact) mass is 368 g/mol. The van der Waals surface area contributed by atoms with Gasteiger partial charge in [0.05, 0.1) is 16.9 Å². The Hall–Kier alpha value is -3.73. The van der Waals surface area contributed by atoms with Crippen LogP contribution in [0.4, 0.5) is 5.69 Å². The standard InChI is InChI=1S/C23H20N4O/c1-17-21(23(28)27(26-17)20-15-9-4-10-16-20)22(18-11-5-2-6-12-18)25-24-19-13-7-3-8-14-19/h2-16,22,26H,1H3. The summed E-state index contributed by atoms with van der Waals surface area (Å²) in [6.45, 7) is 1.89. The second kappa shape index (κ2) is 7.88. The largest absolute Gasteiger partial charge is 0.295 e. The molecule has 1 N–H and O–H groups in total. The lowest BCUT2D eigenvalue weighted by Gasteiger charge is -2.10. The average molecular weight is 368 g/mol. The van der Waals surface area contributed by atoms with Crippen molar-refractivity contribution in [1.29, 1.82) is 0 Å². The minimum atomic E-state index is -0.491. The molecule has 4 rings (SSSR count). The first-order chi connectivity index (χ1) is 13.7. The number of nitrogens with one attached hydrogen (secondary N) is 1.